The first kappa shape index (κ1) is 21.1. The first-order valence-corrected chi connectivity index (χ1v) is 10.4. The van der Waals surface area contributed by atoms with E-state index >= 15 is 0 Å². The van der Waals surface area contributed by atoms with Gasteiger partial charge in [-0.05, 0) is 50.6 Å². The van der Waals surface area contributed by atoms with Crippen LogP contribution in [0, 0.1) is 0 Å². The third-order valence-electron chi connectivity index (χ3n) is 4.05. The smallest absolute Gasteiger partial charge is 0.309 e. The lowest BCUT2D eigenvalue weighted by Gasteiger charge is -2.36. The predicted octanol–water partition coefficient (Wildman–Crippen LogP) is 5.08. The molecule has 0 spiro atoms. The SMILES string of the molecule is CC(C)(C)OC(=O)C[C@H]1O[C@H](c2cccc(Cl)c2)[C@@H](c2ccc(Cl)s2)NC1=O. The molecule has 1 fully saturated rings. The number of morpholine rings is 1. The normalized spacial score (nSPS) is 22.6. The van der Waals surface area contributed by atoms with Crippen LogP contribution in [-0.4, -0.2) is 23.6 Å². The molecular formula is C20H21Cl2NO4S. The number of nitrogens with one attached hydrogen (secondary N) is 1. The minimum Gasteiger partial charge on any atom is -0.460 e. The lowest BCUT2D eigenvalue weighted by molar-refractivity contribution is -0.168. The van der Waals surface area contributed by atoms with Gasteiger partial charge >= 0.3 is 5.97 Å². The summed E-state index contributed by atoms with van der Waals surface area (Å²) in [5, 5.41) is 3.53. The van der Waals surface area contributed by atoms with Gasteiger partial charge in [-0.25, -0.2) is 0 Å². The van der Waals surface area contributed by atoms with Gasteiger partial charge in [-0.15, -0.1) is 11.3 Å². The van der Waals surface area contributed by atoms with Crippen molar-refractivity contribution in [2.45, 2.75) is 51.0 Å². The summed E-state index contributed by atoms with van der Waals surface area (Å²) in [6.45, 7) is 5.33. The van der Waals surface area contributed by atoms with E-state index in [-0.39, 0.29) is 12.3 Å². The Balaban J connectivity index is 1.86. The quantitative estimate of drug-likeness (QED) is 0.671. The first-order chi connectivity index (χ1) is 13.1. The summed E-state index contributed by atoms with van der Waals surface area (Å²) in [5.41, 5.74) is 0.168. The molecule has 1 aromatic carbocycles. The van der Waals surface area contributed by atoms with Crippen LogP contribution in [0.25, 0.3) is 0 Å². The predicted molar refractivity (Wildman–Crippen MR) is 110 cm³/mol. The van der Waals surface area contributed by atoms with Gasteiger partial charge in [-0.3, -0.25) is 9.59 Å². The summed E-state index contributed by atoms with van der Waals surface area (Å²) in [5.74, 6) is -0.853. The first-order valence-electron chi connectivity index (χ1n) is 8.81. The van der Waals surface area contributed by atoms with Crippen molar-refractivity contribution in [1.29, 1.82) is 0 Å². The van der Waals surface area contributed by atoms with Crippen molar-refractivity contribution in [3.8, 4) is 0 Å². The van der Waals surface area contributed by atoms with Crippen LogP contribution >= 0.6 is 34.5 Å². The molecule has 3 rings (SSSR count). The topological polar surface area (TPSA) is 64.6 Å². The van der Waals surface area contributed by atoms with E-state index in [1.54, 1.807) is 39.0 Å². The second kappa shape index (κ2) is 8.41. The largest absolute Gasteiger partial charge is 0.460 e. The molecule has 0 aliphatic carbocycles. The van der Waals surface area contributed by atoms with E-state index in [4.69, 9.17) is 32.7 Å². The minimum atomic E-state index is -0.953. The van der Waals surface area contributed by atoms with Crippen LogP contribution < -0.4 is 5.32 Å². The van der Waals surface area contributed by atoms with Gasteiger partial charge in [0.1, 0.15) is 17.8 Å². The van der Waals surface area contributed by atoms with Crippen LogP contribution in [0.1, 0.15) is 49.8 Å². The zero-order chi connectivity index (χ0) is 20.5. The Morgan fingerprint density at radius 2 is 2.00 bits per heavy atom. The van der Waals surface area contributed by atoms with E-state index < -0.39 is 29.8 Å². The lowest BCUT2D eigenvalue weighted by Crippen LogP contribution is -2.48. The Hall–Kier alpha value is -1.60. The van der Waals surface area contributed by atoms with Crippen LogP contribution in [0.3, 0.4) is 0 Å². The third kappa shape index (κ3) is 5.26. The van der Waals surface area contributed by atoms with Gasteiger partial charge in [0.2, 0.25) is 5.91 Å². The second-order valence-electron chi connectivity index (χ2n) is 7.52. The molecule has 1 aliphatic heterocycles. The van der Waals surface area contributed by atoms with Gasteiger partial charge in [0, 0.05) is 9.90 Å². The molecule has 1 saturated heterocycles. The molecule has 0 unspecified atom stereocenters. The van der Waals surface area contributed by atoms with E-state index in [0.717, 1.165) is 10.4 Å². The van der Waals surface area contributed by atoms with Gasteiger partial charge in [0.05, 0.1) is 16.8 Å². The molecule has 0 bridgehead atoms. The maximum Gasteiger partial charge on any atom is 0.309 e. The summed E-state index contributed by atoms with van der Waals surface area (Å²) >= 11 is 13.6. The molecule has 2 heterocycles. The fraction of sp³-hybridized carbons (Fsp3) is 0.400. The number of hydrogen-bond donors (Lipinski definition) is 1. The fourth-order valence-electron chi connectivity index (χ4n) is 2.98. The van der Waals surface area contributed by atoms with Gasteiger partial charge in [-0.2, -0.15) is 0 Å². The highest BCUT2D eigenvalue weighted by atomic mass is 35.5. The zero-order valence-corrected chi connectivity index (χ0v) is 18.0. The number of benzene rings is 1. The Morgan fingerprint density at radius 1 is 1.25 bits per heavy atom. The average Bonchev–Trinajstić information content (AvgIpc) is 3.01. The van der Waals surface area contributed by atoms with E-state index in [1.807, 2.05) is 18.2 Å². The van der Waals surface area contributed by atoms with Gasteiger partial charge in [-0.1, -0.05) is 35.3 Å². The third-order valence-corrected chi connectivity index (χ3v) is 5.60. The summed E-state index contributed by atoms with van der Waals surface area (Å²) in [7, 11) is 0. The highest BCUT2D eigenvalue weighted by Crippen LogP contribution is 2.41. The van der Waals surface area contributed by atoms with E-state index in [2.05, 4.69) is 5.32 Å². The average molecular weight is 442 g/mol. The van der Waals surface area contributed by atoms with Crippen LogP contribution in [0.5, 0.6) is 0 Å². The summed E-state index contributed by atoms with van der Waals surface area (Å²) in [6, 6.07) is 10.4. The van der Waals surface area contributed by atoms with Gasteiger partial charge in [0.25, 0.3) is 0 Å². The highest BCUT2D eigenvalue weighted by molar-refractivity contribution is 7.16. The number of carbonyl (C=O) groups is 2. The number of amides is 1. The van der Waals surface area contributed by atoms with Crippen molar-refractivity contribution in [2.24, 2.45) is 0 Å². The molecule has 0 saturated carbocycles. The molecule has 28 heavy (non-hydrogen) atoms. The molecule has 8 heteroatoms. The second-order valence-corrected chi connectivity index (χ2v) is 9.70. The van der Waals surface area contributed by atoms with Crippen molar-refractivity contribution < 1.29 is 19.1 Å². The van der Waals surface area contributed by atoms with Crippen molar-refractivity contribution in [3.05, 3.63) is 56.2 Å². The Labute approximate surface area is 177 Å². The number of halogens is 2. The van der Waals surface area contributed by atoms with Crippen molar-refractivity contribution >= 4 is 46.4 Å². The maximum absolute atomic E-state index is 12.6. The molecule has 0 radical (unpaired) electrons. The molecular weight excluding hydrogens is 421 g/mol. The van der Waals surface area contributed by atoms with Crippen LogP contribution in [0.4, 0.5) is 0 Å². The molecule has 1 aromatic heterocycles. The van der Waals surface area contributed by atoms with E-state index in [0.29, 0.717) is 9.36 Å². The molecule has 150 valence electrons. The van der Waals surface area contributed by atoms with Crippen LogP contribution in [0.15, 0.2) is 36.4 Å². The molecule has 2 aromatic rings. The minimum absolute atomic E-state index is 0.169. The van der Waals surface area contributed by atoms with Gasteiger partial charge in [0.15, 0.2) is 0 Å². The van der Waals surface area contributed by atoms with Crippen LogP contribution in [0.2, 0.25) is 9.36 Å². The number of carbonyl (C=O) groups excluding carboxylic acids is 2. The standard InChI is InChI=1S/C20H21Cl2NO4S/c1-20(2,3)27-16(24)10-13-19(25)23-17(14-7-8-15(22)28-14)18(26-13)11-5-4-6-12(21)9-11/h4-9,13,17-18H,10H2,1-3H3,(H,23,25)/t13-,17-,18-/m1/s1. The van der Waals surface area contributed by atoms with Crippen molar-refractivity contribution in [3.63, 3.8) is 0 Å². The Morgan fingerprint density at radius 3 is 2.61 bits per heavy atom. The Bertz CT molecular complexity index is 877. The number of rotatable bonds is 4. The van der Waals surface area contributed by atoms with Crippen LogP contribution in [-0.2, 0) is 19.1 Å². The number of thiophene rings is 1. The highest BCUT2D eigenvalue weighted by Gasteiger charge is 2.40. The lowest BCUT2D eigenvalue weighted by atomic mass is 9.97. The number of ether oxygens (including phenoxy) is 2. The van der Waals surface area contributed by atoms with Gasteiger partial charge < -0.3 is 14.8 Å². The molecule has 5 nitrogen and oxygen atoms in total. The number of esters is 1. The fourth-order valence-corrected chi connectivity index (χ4v) is 4.32. The maximum atomic E-state index is 12.6. The number of hydrogen-bond acceptors (Lipinski definition) is 5. The van der Waals surface area contributed by atoms with E-state index in [1.165, 1.54) is 11.3 Å². The molecule has 1 N–H and O–H groups in total. The van der Waals surface area contributed by atoms with E-state index in [9.17, 15) is 9.59 Å². The molecule has 3 atom stereocenters. The zero-order valence-electron chi connectivity index (χ0n) is 15.7. The van der Waals surface area contributed by atoms with Crippen molar-refractivity contribution in [2.75, 3.05) is 0 Å². The summed E-state index contributed by atoms with van der Waals surface area (Å²) in [6.07, 6.45) is -1.64. The Kier molecular flexibility index (Phi) is 6.34. The van der Waals surface area contributed by atoms with Crippen molar-refractivity contribution in [1.82, 2.24) is 5.32 Å². The monoisotopic (exact) mass is 441 g/mol. The summed E-state index contributed by atoms with van der Waals surface area (Å²) in [4.78, 5) is 25.7. The molecule has 1 aliphatic rings. The summed E-state index contributed by atoms with van der Waals surface area (Å²) < 4.78 is 12.0. The molecule has 1 amide bonds.